The molecule has 0 aromatic carbocycles. The number of likely N-dealkylation sites (N-methyl/N-ethyl adjacent to an activating group) is 1. The number of anilines is 1. The van der Waals surface area contributed by atoms with Gasteiger partial charge in [0, 0.05) is 19.1 Å². The van der Waals surface area contributed by atoms with E-state index in [4.69, 9.17) is 5.73 Å². The summed E-state index contributed by atoms with van der Waals surface area (Å²) < 4.78 is 0. The van der Waals surface area contributed by atoms with Gasteiger partial charge in [-0.25, -0.2) is 0 Å². The molecular weight excluding hydrogens is 240 g/mol. The van der Waals surface area contributed by atoms with Gasteiger partial charge in [0.25, 0.3) is 5.91 Å². The van der Waals surface area contributed by atoms with Gasteiger partial charge in [-0.3, -0.25) is 9.78 Å². The van der Waals surface area contributed by atoms with Crippen molar-refractivity contribution < 1.29 is 4.79 Å². The molecule has 0 spiro atoms. The van der Waals surface area contributed by atoms with Crippen LogP contribution in [-0.2, 0) is 0 Å². The minimum atomic E-state index is 0.0356. The number of rotatable bonds is 2. The SMILES string of the molecule is Cc1ncc(N)cc1C(=O)N1CC(C)C(N(C)C)C1. The van der Waals surface area contributed by atoms with Crippen molar-refractivity contribution >= 4 is 11.6 Å². The number of nitrogens with zero attached hydrogens (tertiary/aromatic N) is 3. The predicted molar refractivity (Wildman–Crippen MR) is 75.9 cm³/mol. The molecule has 1 saturated heterocycles. The molecule has 2 atom stereocenters. The molecule has 5 heteroatoms. The van der Waals surface area contributed by atoms with Gasteiger partial charge in [0.2, 0.25) is 0 Å². The Hall–Kier alpha value is -1.62. The third-order valence-electron chi connectivity index (χ3n) is 3.86. The van der Waals surface area contributed by atoms with Crippen LogP contribution in [0.2, 0.25) is 0 Å². The van der Waals surface area contributed by atoms with Gasteiger partial charge in [0.1, 0.15) is 0 Å². The van der Waals surface area contributed by atoms with Crippen LogP contribution in [0.3, 0.4) is 0 Å². The summed E-state index contributed by atoms with van der Waals surface area (Å²) in [7, 11) is 4.12. The summed E-state index contributed by atoms with van der Waals surface area (Å²) in [6.07, 6.45) is 1.58. The zero-order chi connectivity index (χ0) is 14.2. The molecule has 19 heavy (non-hydrogen) atoms. The van der Waals surface area contributed by atoms with E-state index in [1.165, 1.54) is 0 Å². The lowest BCUT2D eigenvalue weighted by Crippen LogP contribution is -2.36. The molecule has 0 bridgehead atoms. The average Bonchev–Trinajstić information content (AvgIpc) is 2.74. The Morgan fingerprint density at radius 2 is 2.16 bits per heavy atom. The van der Waals surface area contributed by atoms with E-state index in [2.05, 4.69) is 30.9 Å². The van der Waals surface area contributed by atoms with Crippen molar-refractivity contribution in [3.8, 4) is 0 Å². The number of carbonyl (C=O) groups is 1. The smallest absolute Gasteiger partial charge is 0.255 e. The summed E-state index contributed by atoms with van der Waals surface area (Å²) in [5.41, 5.74) is 7.61. The molecule has 104 valence electrons. The van der Waals surface area contributed by atoms with Gasteiger partial charge in [-0.05, 0) is 33.0 Å². The van der Waals surface area contributed by atoms with Gasteiger partial charge in [-0.2, -0.15) is 0 Å². The van der Waals surface area contributed by atoms with Gasteiger partial charge >= 0.3 is 0 Å². The molecule has 1 fully saturated rings. The second-order valence-corrected chi connectivity index (χ2v) is 5.62. The summed E-state index contributed by atoms with van der Waals surface area (Å²) >= 11 is 0. The summed E-state index contributed by atoms with van der Waals surface area (Å²) in [4.78, 5) is 20.8. The highest BCUT2D eigenvalue weighted by Crippen LogP contribution is 2.23. The van der Waals surface area contributed by atoms with Crippen molar-refractivity contribution in [1.82, 2.24) is 14.8 Å². The fourth-order valence-electron chi connectivity index (χ4n) is 2.72. The van der Waals surface area contributed by atoms with E-state index in [0.29, 0.717) is 23.2 Å². The molecule has 5 nitrogen and oxygen atoms in total. The number of hydrogen-bond donors (Lipinski definition) is 1. The van der Waals surface area contributed by atoms with Gasteiger partial charge in [-0.1, -0.05) is 6.92 Å². The lowest BCUT2D eigenvalue weighted by atomic mass is 10.1. The summed E-state index contributed by atoms with van der Waals surface area (Å²) in [5, 5.41) is 0. The number of likely N-dealkylation sites (tertiary alicyclic amines) is 1. The summed E-state index contributed by atoms with van der Waals surface area (Å²) in [6, 6.07) is 2.14. The quantitative estimate of drug-likeness (QED) is 0.863. The molecule has 1 aromatic rings. The van der Waals surface area contributed by atoms with Gasteiger partial charge in [0.15, 0.2) is 0 Å². The number of amides is 1. The second-order valence-electron chi connectivity index (χ2n) is 5.62. The maximum atomic E-state index is 12.5. The lowest BCUT2D eigenvalue weighted by molar-refractivity contribution is 0.0780. The van der Waals surface area contributed by atoms with Crippen molar-refractivity contribution in [3.63, 3.8) is 0 Å². The van der Waals surface area contributed by atoms with Gasteiger partial charge < -0.3 is 15.5 Å². The highest BCUT2D eigenvalue weighted by atomic mass is 16.2. The fourth-order valence-corrected chi connectivity index (χ4v) is 2.72. The molecule has 0 aliphatic carbocycles. The number of hydrogen-bond acceptors (Lipinski definition) is 4. The Kier molecular flexibility index (Phi) is 3.75. The molecule has 2 rings (SSSR count). The molecule has 1 amide bonds. The second kappa shape index (κ2) is 5.17. The summed E-state index contributed by atoms with van der Waals surface area (Å²) in [6.45, 7) is 5.58. The van der Waals surface area contributed by atoms with Crippen LogP contribution in [0.5, 0.6) is 0 Å². The first-order valence-corrected chi connectivity index (χ1v) is 6.58. The highest BCUT2D eigenvalue weighted by Gasteiger charge is 2.34. The van der Waals surface area contributed by atoms with Gasteiger partial charge in [-0.15, -0.1) is 0 Å². The third kappa shape index (κ3) is 2.71. The monoisotopic (exact) mass is 262 g/mol. The number of carbonyl (C=O) groups excluding carboxylic acids is 1. The van der Waals surface area contributed by atoms with Crippen molar-refractivity contribution in [2.45, 2.75) is 19.9 Å². The first-order chi connectivity index (χ1) is 8.90. The molecule has 1 aliphatic rings. The Morgan fingerprint density at radius 3 is 2.74 bits per heavy atom. The molecule has 2 unspecified atom stereocenters. The number of nitrogens with two attached hydrogens (primary N) is 1. The molecular formula is C14H22N4O. The van der Waals surface area contributed by atoms with E-state index in [9.17, 15) is 4.79 Å². The Bertz CT molecular complexity index is 486. The van der Waals surface area contributed by atoms with Crippen LogP contribution in [0.4, 0.5) is 5.69 Å². The maximum absolute atomic E-state index is 12.5. The van der Waals surface area contributed by atoms with Crippen LogP contribution in [0.15, 0.2) is 12.3 Å². The lowest BCUT2D eigenvalue weighted by Gasteiger charge is -2.22. The number of aromatic nitrogens is 1. The summed E-state index contributed by atoms with van der Waals surface area (Å²) in [5.74, 6) is 0.516. The zero-order valence-electron chi connectivity index (χ0n) is 12.1. The molecule has 0 saturated carbocycles. The average molecular weight is 262 g/mol. The van der Waals surface area contributed by atoms with Crippen LogP contribution in [0.25, 0.3) is 0 Å². The number of pyridine rings is 1. The van der Waals surface area contributed by atoms with Crippen LogP contribution in [0, 0.1) is 12.8 Å². The molecule has 2 heterocycles. The Morgan fingerprint density at radius 1 is 1.47 bits per heavy atom. The minimum absolute atomic E-state index is 0.0356. The van der Waals surface area contributed by atoms with Crippen molar-refractivity contribution in [1.29, 1.82) is 0 Å². The van der Waals surface area contributed by atoms with E-state index < -0.39 is 0 Å². The van der Waals surface area contributed by atoms with E-state index in [0.717, 1.165) is 18.8 Å². The number of aryl methyl sites for hydroxylation is 1. The van der Waals surface area contributed by atoms with Crippen LogP contribution in [0.1, 0.15) is 23.0 Å². The van der Waals surface area contributed by atoms with Crippen molar-refractivity contribution in [3.05, 3.63) is 23.5 Å². The fraction of sp³-hybridized carbons (Fsp3) is 0.571. The van der Waals surface area contributed by atoms with Crippen LogP contribution in [-0.4, -0.2) is 53.9 Å². The first-order valence-electron chi connectivity index (χ1n) is 6.58. The van der Waals surface area contributed by atoms with Crippen molar-refractivity contribution in [2.75, 3.05) is 32.9 Å². The molecule has 2 N–H and O–H groups in total. The number of nitrogen functional groups attached to an aromatic ring is 1. The standard InChI is InChI=1S/C14H22N4O/c1-9-7-18(8-13(9)17(3)4)14(19)12-5-11(15)6-16-10(12)2/h5-6,9,13H,7-8,15H2,1-4H3. The molecule has 1 aromatic heterocycles. The third-order valence-corrected chi connectivity index (χ3v) is 3.86. The van der Waals surface area contributed by atoms with E-state index in [1.807, 2.05) is 11.8 Å². The molecule has 0 radical (unpaired) electrons. The highest BCUT2D eigenvalue weighted by molar-refractivity contribution is 5.96. The largest absolute Gasteiger partial charge is 0.397 e. The Labute approximate surface area is 114 Å². The van der Waals surface area contributed by atoms with Crippen molar-refractivity contribution in [2.24, 2.45) is 5.92 Å². The topological polar surface area (TPSA) is 62.5 Å². The maximum Gasteiger partial charge on any atom is 0.255 e. The normalized spacial score (nSPS) is 23.1. The minimum Gasteiger partial charge on any atom is -0.397 e. The first kappa shape index (κ1) is 13.8. The van der Waals surface area contributed by atoms with Crippen LogP contribution >= 0.6 is 0 Å². The van der Waals surface area contributed by atoms with Gasteiger partial charge in [0.05, 0.1) is 23.1 Å². The van der Waals surface area contributed by atoms with E-state index in [-0.39, 0.29) is 5.91 Å². The zero-order valence-corrected chi connectivity index (χ0v) is 12.1. The van der Waals surface area contributed by atoms with E-state index >= 15 is 0 Å². The Balaban J connectivity index is 2.19. The van der Waals surface area contributed by atoms with E-state index in [1.54, 1.807) is 12.3 Å². The molecule has 1 aliphatic heterocycles. The van der Waals surface area contributed by atoms with Crippen LogP contribution < -0.4 is 5.73 Å². The predicted octanol–water partition coefficient (Wildman–Crippen LogP) is 0.994.